The molecule has 144 valence electrons. The van der Waals surface area contributed by atoms with Crippen LogP contribution in [-0.4, -0.2) is 29.3 Å². The van der Waals surface area contributed by atoms with Crippen molar-refractivity contribution in [3.8, 4) is 0 Å². The largest absolute Gasteiger partial charge is 0.480 e. The average molecular weight is 371 g/mol. The van der Waals surface area contributed by atoms with Crippen LogP contribution >= 0.6 is 0 Å². The van der Waals surface area contributed by atoms with Crippen molar-refractivity contribution in [2.75, 3.05) is 0 Å². The maximum atomic E-state index is 11.3. The molecule has 0 aliphatic heterocycles. The molecule has 27 heavy (non-hydrogen) atoms. The van der Waals surface area contributed by atoms with Crippen LogP contribution in [-0.2, 0) is 32.3 Å². The van der Waals surface area contributed by atoms with Gasteiger partial charge in [-0.05, 0) is 17.5 Å². The van der Waals surface area contributed by atoms with Crippen LogP contribution in [0, 0.1) is 0 Å². The van der Waals surface area contributed by atoms with E-state index in [4.69, 9.17) is 9.47 Å². The van der Waals surface area contributed by atoms with E-state index in [1.807, 2.05) is 60.7 Å². The van der Waals surface area contributed by atoms with Crippen molar-refractivity contribution in [2.24, 2.45) is 0 Å². The first-order chi connectivity index (χ1) is 13.0. The van der Waals surface area contributed by atoms with Crippen LogP contribution in [0.4, 0.5) is 0 Å². The summed E-state index contributed by atoms with van der Waals surface area (Å²) in [5.74, 6) is -1.45. The molecule has 1 atom stereocenters. The molecule has 6 nitrogen and oxygen atoms in total. The molecular formula is C21H25NO5. The summed E-state index contributed by atoms with van der Waals surface area (Å²) in [6.07, 6.45) is -0.0268. The minimum Gasteiger partial charge on any atom is -0.480 e. The molecule has 0 saturated carbocycles. The number of amides is 1. The van der Waals surface area contributed by atoms with E-state index in [1.54, 1.807) is 0 Å². The van der Waals surface area contributed by atoms with Gasteiger partial charge in [0.25, 0.3) is 0 Å². The highest BCUT2D eigenvalue weighted by Gasteiger charge is 2.21. The number of carbonyl (C=O) groups is 2. The van der Waals surface area contributed by atoms with Gasteiger partial charge in [0, 0.05) is 13.3 Å². The number of ether oxygens (including phenoxy) is 2. The predicted molar refractivity (Wildman–Crippen MR) is 101 cm³/mol. The van der Waals surface area contributed by atoms with Crippen LogP contribution < -0.4 is 5.32 Å². The van der Waals surface area contributed by atoms with Gasteiger partial charge in [-0.15, -0.1) is 0 Å². The Balaban J connectivity index is 1.94. The molecule has 0 spiro atoms. The first-order valence-corrected chi connectivity index (χ1v) is 8.85. The van der Waals surface area contributed by atoms with Crippen LogP contribution in [0.15, 0.2) is 60.7 Å². The summed E-state index contributed by atoms with van der Waals surface area (Å²) >= 11 is 0. The van der Waals surface area contributed by atoms with E-state index in [1.165, 1.54) is 6.92 Å². The van der Waals surface area contributed by atoms with Crippen molar-refractivity contribution in [3.63, 3.8) is 0 Å². The summed E-state index contributed by atoms with van der Waals surface area (Å²) in [5.41, 5.74) is 2.00. The van der Waals surface area contributed by atoms with Crippen LogP contribution in [0.3, 0.4) is 0 Å². The fraction of sp³-hybridized carbons (Fsp3) is 0.333. The third-order valence-corrected chi connectivity index (χ3v) is 3.92. The van der Waals surface area contributed by atoms with Crippen LogP contribution in [0.25, 0.3) is 0 Å². The number of hydrogen-bond acceptors (Lipinski definition) is 4. The van der Waals surface area contributed by atoms with Gasteiger partial charge in [0.1, 0.15) is 6.04 Å². The number of aliphatic carboxylic acids is 1. The Morgan fingerprint density at radius 2 is 1.37 bits per heavy atom. The summed E-state index contributed by atoms with van der Waals surface area (Å²) < 4.78 is 11.7. The maximum Gasteiger partial charge on any atom is 0.326 e. The summed E-state index contributed by atoms with van der Waals surface area (Å²) in [6, 6.07) is 18.4. The Bertz CT molecular complexity index is 662. The Labute approximate surface area is 159 Å². The van der Waals surface area contributed by atoms with Gasteiger partial charge >= 0.3 is 5.97 Å². The normalized spacial score (nSPS) is 11.9. The standard InChI is InChI=1S/C21H25NO5/c1-16(23)22-19(21(24)25)12-13-20(26-14-17-8-4-2-5-9-17)27-15-18-10-6-3-7-11-18/h2-11,19-20H,12-15H2,1H3,(H,22,23)(H,24,25). The topological polar surface area (TPSA) is 84.9 Å². The molecule has 2 aromatic carbocycles. The third kappa shape index (κ3) is 8.02. The summed E-state index contributed by atoms with van der Waals surface area (Å²) in [7, 11) is 0. The number of benzene rings is 2. The first kappa shape index (κ1) is 20.6. The van der Waals surface area contributed by atoms with E-state index >= 15 is 0 Å². The molecule has 0 aliphatic carbocycles. The van der Waals surface area contributed by atoms with Crippen LogP contribution in [0.5, 0.6) is 0 Å². The number of carbonyl (C=O) groups excluding carboxylic acids is 1. The highest BCUT2D eigenvalue weighted by Crippen LogP contribution is 2.14. The van der Waals surface area contributed by atoms with E-state index in [0.29, 0.717) is 19.6 Å². The molecule has 2 N–H and O–H groups in total. The lowest BCUT2D eigenvalue weighted by molar-refractivity contribution is -0.163. The zero-order valence-corrected chi connectivity index (χ0v) is 15.3. The summed E-state index contributed by atoms with van der Waals surface area (Å²) in [6.45, 7) is 2.02. The lowest BCUT2D eigenvalue weighted by Crippen LogP contribution is -2.40. The molecule has 2 aromatic rings. The molecule has 0 aliphatic rings. The Morgan fingerprint density at radius 3 is 1.78 bits per heavy atom. The molecule has 1 amide bonds. The number of nitrogens with one attached hydrogen (secondary N) is 1. The zero-order valence-electron chi connectivity index (χ0n) is 15.3. The summed E-state index contributed by atoms with van der Waals surface area (Å²) in [5, 5.41) is 11.7. The van der Waals surface area contributed by atoms with Crippen LogP contribution in [0.1, 0.15) is 30.9 Å². The van der Waals surface area contributed by atoms with Gasteiger partial charge in [-0.2, -0.15) is 0 Å². The zero-order chi connectivity index (χ0) is 19.5. The lowest BCUT2D eigenvalue weighted by atomic mass is 10.1. The maximum absolute atomic E-state index is 11.3. The monoisotopic (exact) mass is 371 g/mol. The van der Waals surface area contributed by atoms with Gasteiger partial charge in [0.05, 0.1) is 13.2 Å². The lowest BCUT2D eigenvalue weighted by Gasteiger charge is -2.21. The second-order valence-electron chi connectivity index (χ2n) is 6.19. The second-order valence-corrected chi connectivity index (χ2v) is 6.19. The Hall–Kier alpha value is -2.70. The van der Waals surface area contributed by atoms with Crippen molar-refractivity contribution in [1.82, 2.24) is 5.32 Å². The van der Waals surface area contributed by atoms with E-state index in [-0.39, 0.29) is 12.3 Å². The van der Waals surface area contributed by atoms with Crippen molar-refractivity contribution in [1.29, 1.82) is 0 Å². The van der Waals surface area contributed by atoms with Gasteiger partial charge < -0.3 is 19.9 Å². The van der Waals surface area contributed by atoms with Gasteiger partial charge in [0.2, 0.25) is 5.91 Å². The van der Waals surface area contributed by atoms with Gasteiger partial charge in [-0.3, -0.25) is 4.79 Å². The third-order valence-electron chi connectivity index (χ3n) is 3.92. The van der Waals surface area contributed by atoms with Gasteiger partial charge in [-0.25, -0.2) is 4.79 Å². The molecule has 0 heterocycles. The number of carboxylic acid groups (broad SMARTS) is 1. The average Bonchev–Trinajstić information content (AvgIpc) is 2.67. The quantitative estimate of drug-likeness (QED) is 0.593. The van der Waals surface area contributed by atoms with E-state index in [0.717, 1.165) is 11.1 Å². The number of rotatable bonds is 11. The Morgan fingerprint density at radius 1 is 0.889 bits per heavy atom. The second kappa shape index (κ2) is 11.1. The minimum atomic E-state index is -1.07. The molecule has 0 aromatic heterocycles. The fourth-order valence-electron chi connectivity index (χ4n) is 2.55. The van der Waals surface area contributed by atoms with Crippen molar-refractivity contribution in [3.05, 3.63) is 71.8 Å². The Kier molecular flexibility index (Phi) is 8.48. The molecule has 0 bridgehead atoms. The highest BCUT2D eigenvalue weighted by molar-refractivity contribution is 5.81. The molecular weight excluding hydrogens is 346 g/mol. The fourth-order valence-corrected chi connectivity index (χ4v) is 2.55. The van der Waals surface area contributed by atoms with E-state index in [9.17, 15) is 14.7 Å². The smallest absolute Gasteiger partial charge is 0.326 e. The molecule has 6 heteroatoms. The van der Waals surface area contributed by atoms with Crippen molar-refractivity contribution < 1.29 is 24.2 Å². The predicted octanol–water partition coefficient (Wildman–Crippen LogP) is 3.12. The van der Waals surface area contributed by atoms with Crippen LogP contribution in [0.2, 0.25) is 0 Å². The molecule has 0 radical (unpaired) electrons. The SMILES string of the molecule is CC(=O)NC(CCC(OCc1ccccc1)OCc1ccccc1)C(=O)O. The van der Waals surface area contributed by atoms with E-state index < -0.39 is 18.3 Å². The molecule has 0 fully saturated rings. The van der Waals surface area contributed by atoms with E-state index in [2.05, 4.69) is 5.32 Å². The van der Waals surface area contributed by atoms with Gasteiger partial charge in [0.15, 0.2) is 6.29 Å². The summed E-state index contributed by atoms with van der Waals surface area (Å²) in [4.78, 5) is 22.5. The van der Waals surface area contributed by atoms with Gasteiger partial charge in [-0.1, -0.05) is 60.7 Å². The van der Waals surface area contributed by atoms with Crippen molar-refractivity contribution >= 4 is 11.9 Å². The number of carboxylic acids is 1. The highest BCUT2D eigenvalue weighted by atomic mass is 16.7. The molecule has 0 saturated heterocycles. The molecule has 2 rings (SSSR count). The number of hydrogen-bond donors (Lipinski definition) is 2. The first-order valence-electron chi connectivity index (χ1n) is 8.85. The minimum absolute atomic E-state index is 0.211. The van der Waals surface area contributed by atoms with Crippen molar-refractivity contribution in [2.45, 2.75) is 45.3 Å². The molecule has 1 unspecified atom stereocenters.